The number of amides is 1. The zero-order valence-corrected chi connectivity index (χ0v) is 19.2. The van der Waals surface area contributed by atoms with E-state index >= 15 is 0 Å². The Kier molecular flexibility index (Phi) is 7.53. The van der Waals surface area contributed by atoms with Crippen LogP contribution in [0.15, 0.2) is 103 Å². The molecule has 35 heavy (non-hydrogen) atoms. The minimum atomic E-state index is -0.458. The second-order valence-corrected chi connectivity index (χ2v) is 7.89. The van der Waals surface area contributed by atoms with Crippen molar-refractivity contribution in [2.24, 2.45) is 0 Å². The van der Waals surface area contributed by atoms with Gasteiger partial charge in [-0.3, -0.25) is 4.79 Å². The zero-order valence-electron chi connectivity index (χ0n) is 19.2. The average Bonchev–Trinajstić information content (AvgIpc) is 2.90. The lowest BCUT2D eigenvalue weighted by molar-refractivity contribution is 0.0600. The first-order valence-corrected chi connectivity index (χ1v) is 11.1. The molecule has 0 N–H and O–H groups in total. The molecule has 6 heteroatoms. The van der Waals surface area contributed by atoms with Crippen LogP contribution in [0.5, 0.6) is 11.5 Å². The van der Waals surface area contributed by atoms with Crippen LogP contribution in [0, 0.1) is 5.82 Å². The standard InChI is InChI=1S/C29H24FNO4/c1-34-29(33)24-13-11-22(12-14-24)20-31(19-21-7-3-2-4-8-21)28(32)23-15-17-25(18-16-23)35-27-10-6-5-9-26(27)30/h2-18H,19-20H2,1H3. The highest BCUT2D eigenvalue weighted by molar-refractivity contribution is 5.94. The molecule has 5 nitrogen and oxygen atoms in total. The number of carbonyl (C=O) groups is 2. The number of halogens is 1. The van der Waals surface area contributed by atoms with Gasteiger partial charge in [0.15, 0.2) is 11.6 Å². The van der Waals surface area contributed by atoms with Gasteiger partial charge >= 0.3 is 5.97 Å². The van der Waals surface area contributed by atoms with Crippen LogP contribution >= 0.6 is 0 Å². The first kappa shape index (κ1) is 23.7. The van der Waals surface area contributed by atoms with E-state index in [1.165, 1.54) is 13.2 Å². The van der Waals surface area contributed by atoms with Gasteiger partial charge in [-0.25, -0.2) is 9.18 Å². The maximum atomic E-state index is 13.9. The van der Waals surface area contributed by atoms with Crippen molar-refractivity contribution in [3.05, 3.63) is 131 Å². The molecule has 0 atom stereocenters. The molecular weight excluding hydrogens is 445 g/mol. The maximum Gasteiger partial charge on any atom is 0.337 e. The van der Waals surface area contributed by atoms with Gasteiger partial charge in [0.1, 0.15) is 5.75 Å². The van der Waals surface area contributed by atoms with Crippen molar-refractivity contribution in [3.8, 4) is 11.5 Å². The molecule has 0 aromatic heterocycles. The number of rotatable bonds is 8. The summed E-state index contributed by atoms with van der Waals surface area (Å²) >= 11 is 0. The van der Waals surface area contributed by atoms with Crippen LogP contribution in [0.1, 0.15) is 31.8 Å². The van der Waals surface area contributed by atoms with Gasteiger partial charge in [-0.15, -0.1) is 0 Å². The van der Waals surface area contributed by atoms with Gasteiger partial charge in [-0.05, 0) is 59.7 Å². The molecule has 0 spiro atoms. The molecule has 4 rings (SSSR count). The number of nitrogens with zero attached hydrogens (tertiary/aromatic N) is 1. The zero-order chi connectivity index (χ0) is 24.6. The molecule has 0 saturated heterocycles. The number of hydrogen-bond donors (Lipinski definition) is 0. The van der Waals surface area contributed by atoms with Crippen molar-refractivity contribution < 1.29 is 23.5 Å². The third-order valence-electron chi connectivity index (χ3n) is 5.42. The Bertz CT molecular complexity index is 1290. The van der Waals surface area contributed by atoms with E-state index in [-0.39, 0.29) is 11.7 Å². The monoisotopic (exact) mass is 469 g/mol. The van der Waals surface area contributed by atoms with Gasteiger partial charge in [0.05, 0.1) is 12.7 Å². The van der Waals surface area contributed by atoms with Crippen LogP contribution in [0.25, 0.3) is 0 Å². The molecule has 0 fully saturated rings. The fourth-order valence-electron chi connectivity index (χ4n) is 3.59. The number of benzene rings is 4. The molecule has 0 saturated carbocycles. The van der Waals surface area contributed by atoms with Crippen LogP contribution < -0.4 is 4.74 Å². The smallest absolute Gasteiger partial charge is 0.337 e. The van der Waals surface area contributed by atoms with Crippen molar-refractivity contribution in [3.63, 3.8) is 0 Å². The Labute approximate surface area is 203 Å². The Balaban J connectivity index is 1.53. The SMILES string of the molecule is COC(=O)c1ccc(CN(Cc2ccccc2)C(=O)c2ccc(Oc3ccccc3F)cc2)cc1. The van der Waals surface area contributed by atoms with E-state index in [1.807, 2.05) is 42.5 Å². The molecule has 176 valence electrons. The molecule has 4 aromatic rings. The summed E-state index contributed by atoms with van der Waals surface area (Å²) in [6, 6.07) is 29.5. The third-order valence-corrected chi connectivity index (χ3v) is 5.42. The van der Waals surface area contributed by atoms with E-state index in [2.05, 4.69) is 0 Å². The summed E-state index contributed by atoms with van der Waals surface area (Å²) in [5, 5.41) is 0. The van der Waals surface area contributed by atoms with Crippen LogP contribution in [0.4, 0.5) is 4.39 Å². The summed E-state index contributed by atoms with van der Waals surface area (Å²) in [5.74, 6) is -0.484. The minimum absolute atomic E-state index is 0.118. The van der Waals surface area contributed by atoms with Gasteiger partial charge in [0.25, 0.3) is 5.91 Å². The fourth-order valence-corrected chi connectivity index (χ4v) is 3.59. The number of esters is 1. The lowest BCUT2D eigenvalue weighted by Gasteiger charge is -2.23. The predicted octanol–water partition coefficient (Wildman–Crippen LogP) is 6.25. The topological polar surface area (TPSA) is 55.8 Å². The second-order valence-electron chi connectivity index (χ2n) is 7.89. The Morgan fingerprint density at radius 3 is 1.91 bits per heavy atom. The maximum absolute atomic E-state index is 13.9. The van der Waals surface area contributed by atoms with E-state index in [9.17, 15) is 14.0 Å². The van der Waals surface area contributed by atoms with Gasteiger partial charge in [0, 0.05) is 18.7 Å². The van der Waals surface area contributed by atoms with E-state index < -0.39 is 11.8 Å². The Morgan fingerprint density at radius 2 is 1.29 bits per heavy atom. The van der Waals surface area contributed by atoms with Crippen molar-refractivity contribution >= 4 is 11.9 Å². The average molecular weight is 470 g/mol. The fraction of sp³-hybridized carbons (Fsp3) is 0.103. The van der Waals surface area contributed by atoms with E-state index in [0.29, 0.717) is 30.0 Å². The highest BCUT2D eigenvalue weighted by atomic mass is 19.1. The molecule has 0 heterocycles. The highest BCUT2D eigenvalue weighted by Gasteiger charge is 2.18. The Morgan fingerprint density at radius 1 is 0.714 bits per heavy atom. The minimum Gasteiger partial charge on any atom is -0.465 e. The number of methoxy groups -OCH3 is 1. The largest absolute Gasteiger partial charge is 0.465 e. The molecule has 0 radical (unpaired) electrons. The summed E-state index contributed by atoms with van der Waals surface area (Å²) in [6.07, 6.45) is 0. The van der Waals surface area contributed by atoms with Crippen LogP contribution in [0.3, 0.4) is 0 Å². The third kappa shape index (κ3) is 6.12. The number of hydrogen-bond acceptors (Lipinski definition) is 4. The molecule has 1 amide bonds. The molecular formula is C29H24FNO4. The normalized spacial score (nSPS) is 10.5. The molecule has 0 bridgehead atoms. The summed E-state index contributed by atoms with van der Waals surface area (Å²) in [6.45, 7) is 0.758. The number of carbonyl (C=O) groups excluding carboxylic acids is 2. The van der Waals surface area contributed by atoms with Crippen LogP contribution in [-0.2, 0) is 17.8 Å². The van der Waals surface area contributed by atoms with Crippen LogP contribution in [0.2, 0.25) is 0 Å². The molecule has 0 aliphatic rings. The van der Waals surface area contributed by atoms with E-state index in [0.717, 1.165) is 11.1 Å². The van der Waals surface area contributed by atoms with Gasteiger partial charge < -0.3 is 14.4 Å². The predicted molar refractivity (Wildman–Crippen MR) is 131 cm³/mol. The van der Waals surface area contributed by atoms with Crippen LogP contribution in [-0.4, -0.2) is 23.9 Å². The summed E-state index contributed by atoms with van der Waals surface area (Å²) in [7, 11) is 1.34. The first-order chi connectivity index (χ1) is 17.0. The van der Waals surface area contributed by atoms with E-state index in [1.54, 1.807) is 59.5 Å². The van der Waals surface area contributed by atoms with Crippen molar-refractivity contribution in [2.75, 3.05) is 7.11 Å². The lowest BCUT2D eigenvalue weighted by Crippen LogP contribution is -2.30. The van der Waals surface area contributed by atoms with Crippen molar-refractivity contribution in [1.29, 1.82) is 0 Å². The molecule has 4 aromatic carbocycles. The summed E-state index contributed by atoms with van der Waals surface area (Å²) in [5.41, 5.74) is 2.80. The van der Waals surface area contributed by atoms with Gasteiger partial charge in [-0.2, -0.15) is 0 Å². The quantitative estimate of drug-likeness (QED) is 0.286. The highest BCUT2D eigenvalue weighted by Crippen LogP contribution is 2.25. The molecule has 0 aliphatic carbocycles. The summed E-state index contributed by atoms with van der Waals surface area (Å²) < 4.78 is 24.2. The van der Waals surface area contributed by atoms with Gasteiger partial charge in [0.2, 0.25) is 0 Å². The van der Waals surface area contributed by atoms with Gasteiger partial charge in [-0.1, -0.05) is 54.6 Å². The van der Waals surface area contributed by atoms with E-state index in [4.69, 9.17) is 9.47 Å². The first-order valence-electron chi connectivity index (χ1n) is 11.1. The summed E-state index contributed by atoms with van der Waals surface area (Å²) in [4.78, 5) is 26.9. The van der Waals surface area contributed by atoms with Crippen molar-refractivity contribution in [1.82, 2.24) is 4.90 Å². The molecule has 0 aliphatic heterocycles. The lowest BCUT2D eigenvalue weighted by atomic mass is 10.1. The second kappa shape index (κ2) is 11.1. The van der Waals surface area contributed by atoms with Crippen molar-refractivity contribution in [2.45, 2.75) is 13.1 Å². The number of ether oxygens (including phenoxy) is 2. The molecule has 0 unspecified atom stereocenters. The Hall–Kier alpha value is -4.45. The number of para-hydroxylation sites is 1.